The van der Waals surface area contributed by atoms with E-state index < -0.39 is 0 Å². The van der Waals surface area contributed by atoms with E-state index in [9.17, 15) is 0 Å². The van der Waals surface area contributed by atoms with Gasteiger partial charge in [0.15, 0.2) is 0 Å². The van der Waals surface area contributed by atoms with Crippen molar-refractivity contribution in [2.45, 2.75) is 6.42 Å². The molecule has 0 aromatic heterocycles. The molecule has 4 heteroatoms. The summed E-state index contributed by atoms with van der Waals surface area (Å²) in [5, 5.41) is 0. The Morgan fingerprint density at radius 2 is 2.13 bits per heavy atom. The minimum atomic E-state index is 0.573. The monoisotopic (exact) mass is 273 g/mol. The van der Waals surface area contributed by atoms with Crippen LogP contribution < -0.4 is 10.5 Å². The molecule has 2 N–H and O–H groups in total. The van der Waals surface area contributed by atoms with Crippen molar-refractivity contribution in [3.8, 4) is 5.75 Å². The maximum absolute atomic E-state index is 5.32. The van der Waals surface area contributed by atoms with Crippen molar-refractivity contribution >= 4 is 15.9 Å². The van der Waals surface area contributed by atoms with Crippen LogP contribution >= 0.6 is 15.9 Å². The van der Waals surface area contributed by atoms with Gasteiger partial charge in [0.05, 0.1) is 20.3 Å². The molecular weight excluding hydrogens is 258 g/mol. The predicted molar refractivity (Wildman–Crippen MR) is 64.3 cm³/mol. The summed E-state index contributed by atoms with van der Waals surface area (Å²) in [7, 11) is 1.66. The Morgan fingerprint density at radius 3 is 2.73 bits per heavy atom. The van der Waals surface area contributed by atoms with Gasteiger partial charge in [0.2, 0.25) is 0 Å². The summed E-state index contributed by atoms with van der Waals surface area (Å²) in [5.74, 6) is 0.855. The molecule has 0 aliphatic rings. The minimum absolute atomic E-state index is 0.573. The summed E-state index contributed by atoms with van der Waals surface area (Å²) in [6.45, 7) is 1.89. The van der Waals surface area contributed by atoms with E-state index in [-0.39, 0.29) is 0 Å². The summed E-state index contributed by atoms with van der Waals surface area (Å²) in [6, 6.07) is 5.94. The summed E-state index contributed by atoms with van der Waals surface area (Å²) in [6.07, 6.45) is 0.880. The quantitative estimate of drug-likeness (QED) is 0.807. The highest BCUT2D eigenvalue weighted by Crippen LogP contribution is 2.23. The highest BCUT2D eigenvalue weighted by Gasteiger charge is 2.01. The lowest BCUT2D eigenvalue weighted by molar-refractivity contribution is 0.144. The second-order valence-corrected chi connectivity index (χ2v) is 3.96. The smallest absolute Gasteiger partial charge is 0.120 e. The van der Waals surface area contributed by atoms with Gasteiger partial charge in [0.1, 0.15) is 5.75 Å². The van der Waals surface area contributed by atoms with Crippen LogP contribution in [0.3, 0.4) is 0 Å². The van der Waals surface area contributed by atoms with Gasteiger partial charge in [-0.15, -0.1) is 0 Å². The van der Waals surface area contributed by atoms with E-state index in [1.165, 1.54) is 5.56 Å². The van der Waals surface area contributed by atoms with Crippen LogP contribution in [-0.4, -0.2) is 26.9 Å². The molecule has 0 heterocycles. The Kier molecular flexibility index (Phi) is 5.68. The van der Waals surface area contributed by atoms with Crippen molar-refractivity contribution in [1.29, 1.82) is 0 Å². The zero-order valence-electron chi connectivity index (χ0n) is 8.83. The third-order valence-corrected chi connectivity index (χ3v) is 2.78. The Morgan fingerprint density at radius 1 is 1.33 bits per heavy atom. The summed E-state index contributed by atoms with van der Waals surface area (Å²) in [4.78, 5) is 0. The Hall–Kier alpha value is -0.580. The predicted octanol–water partition coefficient (Wildman–Crippen LogP) is 1.98. The summed E-state index contributed by atoms with van der Waals surface area (Å²) in [5.41, 5.74) is 6.54. The molecule has 0 spiro atoms. The van der Waals surface area contributed by atoms with Gasteiger partial charge < -0.3 is 15.2 Å². The fourth-order valence-corrected chi connectivity index (χ4v) is 1.78. The highest BCUT2D eigenvalue weighted by molar-refractivity contribution is 9.10. The van der Waals surface area contributed by atoms with Crippen LogP contribution in [0.4, 0.5) is 0 Å². The van der Waals surface area contributed by atoms with Crippen LogP contribution in [0, 0.1) is 0 Å². The van der Waals surface area contributed by atoms with Crippen molar-refractivity contribution in [3.05, 3.63) is 28.2 Å². The van der Waals surface area contributed by atoms with Crippen molar-refractivity contribution in [2.75, 3.05) is 26.9 Å². The fourth-order valence-electron chi connectivity index (χ4n) is 1.23. The molecule has 0 aliphatic heterocycles. The lowest BCUT2D eigenvalue weighted by atomic mass is 10.1. The first kappa shape index (κ1) is 12.5. The molecular formula is C11H16BrNO2. The first-order valence-electron chi connectivity index (χ1n) is 4.88. The van der Waals surface area contributed by atoms with Gasteiger partial charge in [-0.05, 0) is 24.1 Å². The third-order valence-electron chi connectivity index (χ3n) is 2.04. The van der Waals surface area contributed by atoms with Crippen molar-refractivity contribution in [1.82, 2.24) is 0 Å². The number of nitrogens with two attached hydrogens (primary N) is 1. The molecule has 0 bridgehead atoms. The average molecular weight is 274 g/mol. The molecule has 1 aromatic carbocycles. The van der Waals surface area contributed by atoms with E-state index in [1.54, 1.807) is 7.11 Å². The first-order chi connectivity index (χ1) is 7.27. The molecule has 84 valence electrons. The standard InChI is InChI=1S/C11H16BrNO2/c1-14-10-3-2-9(11(12)8-10)4-6-15-7-5-13/h2-3,8H,4-7,13H2,1H3. The van der Waals surface area contributed by atoms with Crippen molar-refractivity contribution in [3.63, 3.8) is 0 Å². The number of rotatable bonds is 6. The number of ether oxygens (including phenoxy) is 2. The summed E-state index contributed by atoms with van der Waals surface area (Å²) >= 11 is 3.50. The molecule has 0 aliphatic carbocycles. The number of hydrogen-bond acceptors (Lipinski definition) is 3. The van der Waals surface area contributed by atoms with Crippen LogP contribution in [0.5, 0.6) is 5.75 Å². The van der Waals surface area contributed by atoms with Crippen LogP contribution in [0.25, 0.3) is 0 Å². The van der Waals surface area contributed by atoms with E-state index in [4.69, 9.17) is 15.2 Å². The maximum Gasteiger partial charge on any atom is 0.120 e. The van der Waals surface area contributed by atoms with E-state index in [2.05, 4.69) is 15.9 Å². The number of benzene rings is 1. The molecule has 0 saturated carbocycles. The van der Waals surface area contributed by atoms with Gasteiger partial charge in [-0.3, -0.25) is 0 Å². The number of halogens is 1. The molecule has 0 unspecified atom stereocenters. The summed E-state index contributed by atoms with van der Waals surface area (Å²) < 4.78 is 11.5. The van der Waals surface area contributed by atoms with Crippen molar-refractivity contribution < 1.29 is 9.47 Å². The van der Waals surface area contributed by atoms with Gasteiger partial charge in [0.25, 0.3) is 0 Å². The van der Waals surface area contributed by atoms with E-state index >= 15 is 0 Å². The normalized spacial score (nSPS) is 10.3. The van der Waals surface area contributed by atoms with Gasteiger partial charge >= 0.3 is 0 Å². The van der Waals surface area contributed by atoms with Crippen LogP contribution in [-0.2, 0) is 11.2 Å². The molecule has 0 atom stereocenters. The zero-order valence-corrected chi connectivity index (χ0v) is 10.4. The zero-order chi connectivity index (χ0) is 11.1. The SMILES string of the molecule is COc1ccc(CCOCCN)c(Br)c1. The Balaban J connectivity index is 2.47. The molecule has 15 heavy (non-hydrogen) atoms. The topological polar surface area (TPSA) is 44.5 Å². The van der Waals surface area contributed by atoms with E-state index in [1.807, 2.05) is 18.2 Å². The highest BCUT2D eigenvalue weighted by atomic mass is 79.9. The van der Waals surface area contributed by atoms with Gasteiger partial charge in [-0.2, -0.15) is 0 Å². The van der Waals surface area contributed by atoms with Crippen LogP contribution in [0.15, 0.2) is 22.7 Å². The number of hydrogen-bond donors (Lipinski definition) is 1. The van der Waals surface area contributed by atoms with Gasteiger partial charge in [0, 0.05) is 11.0 Å². The molecule has 0 radical (unpaired) electrons. The molecule has 1 aromatic rings. The molecule has 0 saturated heterocycles. The molecule has 1 rings (SSSR count). The lowest BCUT2D eigenvalue weighted by Crippen LogP contribution is -2.10. The Labute approximate surface area is 98.7 Å². The fraction of sp³-hybridized carbons (Fsp3) is 0.455. The maximum atomic E-state index is 5.32. The molecule has 0 amide bonds. The second-order valence-electron chi connectivity index (χ2n) is 3.11. The van der Waals surface area contributed by atoms with E-state index in [0.29, 0.717) is 19.8 Å². The molecule has 0 fully saturated rings. The van der Waals surface area contributed by atoms with Crippen LogP contribution in [0.1, 0.15) is 5.56 Å². The van der Waals surface area contributed by atoms with Gasteiger partial charge in [-0.1, -0.05) is 22.0 Å². The Bertz CT molecular complexity index is 305. The lowest BCUT2D eigenvalue weighted by Gasteiger charge is -2.07. The minimum Gasteiger partial charge on any atom is -0.497 e. The first-order valence-corrected chi connectivity index (χ1v) is 5.67. The van der Waals surface area contributed by atoms with Gasteiger partial charge in [-0.25, -0.2) is 0 Å². The van der Waals surface area contributed by atoms with Crippen LogP contribution in [0.2, 0.25) is 0 Å². The average Bonchev–Trinajstić information content (AvgIpc) is 2.26. The third kappa shape index (κ3) is 4.20. The van der Waals surface area contributed by atoms with Crippen molar-refractivity contribution in [2.24, 2.45) is 5.73 Å². The second kappa shape index (κ2) is 6.82. The number of methoxy groups -OCH3 is 1. The van der Waals surface area contributed by atoms with E-state index in [0.717, 1.165) is 16.6 Å². The largest absolute Gasteiger partial charge is 0.497 e. The molecule has 3 nitrogen and oxygen atoms in total.